The fourth-order valence-corrected chi connectivity index (χ4v) is 4.19. The summed E-state index contributed by atoms with van der Waals surface area (Å²) < 4.78 is 19.7. The summed E-state index contributed by atoms with van der Waals surface area (Å²) in [4.78, 5) is 9.45. The van der Waals surface area contributed by atoms with Crippen LogP contribution in [0.5, 0.6) is 5.75 Å². The summed E-state index contributed by atoms with van der Waals surface area (Å²) >= 11 is 0. The Balaban J connectivity index is 0.00000272. The number of halogens is 2. The number of phenols is 1. The van der Waals surface area contributed by atoms with Gasteiger partial charge in [-0.05, 0) is 30.2 Å². The molecule has 31 heavy (non-hydrogen) atoms. The Morgan fingerprint density at radius 1 is 1.19 bits per heavy atom. The van der Waals surface area contributed by atoms with E-state index in [4.69, 9.17) is 9.73 Å². The molecular weight excluding hydrogens is 510 g/mol. The smallest absolute Gasteiger partial charge is 0.194 e. The number of ether oxygens (including phenoxy) is 1. The number of aliphatic imine (C=N–C) groups is 1. The van der Waals surface area contributed by atoms with Crippen molar-refractivity contribution in [1.29, 1.82) is 0 Å². The Morgan fingerprint density at radius 2 is 2.00 bits per heavy atom. The molecule has 2 saturated heterocycles. The predicted molar refractivity (Wildman–Crippen MR) is 130 cm³/mol. The molecule has 2 aromatic carbocycles. The number of phenolic OH excluding ortho intramolecular Hbond substituents is 1. The highest BCUT2D eigenvalue weighted by Crippen LogP contribution is 2.25. The minimum absolute atomic E-state index is 0. The highest BCUT2D eigenvalue weighted by atomic mass is 127. The van der Waals surface area contributed by atoms with Gasteiger partial charge in [-0.2, -0.15) is 0 Å². The Labute approximate surface area is 200 Å². The lowest BCUT2D eigenvalue weighted by Crippen LogP contribution is -2.50. The maximum Gasteiger partial charge on any atom is 0.194 e. The van der Waals surface area contributed by atoms with Crippen LogP contribution in [-0.2, 0) is 17.8 Å². The Bertz CT molecular complexity index is 883. The van der Waals surface area contributed by atoms with Crippen LogP contribution in [0.15, 0.2) is 53.5 Å². The number of rotatable bonds is 5. The van der Waals surface area contributed by atoms with E-state index in [1.54, 1.807) is 6.07 Å². The third kappa shape index (κ3) is 5.87. The molecule has 6 nitrogen and oxygen atoms in total. The molecule has 0 radical (unpaired) electrons. The Hall–Kier alpha value is -1.91. The summed E-state index contributed by atoms with van der Waals surface area (Å²) in [6, 6.07) is 15.2. The predicted octanol–water partition coefficient (Wildman–Crippen LogP) is 3.20. The standard InChI is InChI=1S/C23H29FN4O2.HI/c1-2-25-23(26-13-18-8-9-21(29)19(24)12-18)28-15-20-22(16-28)30-11-10-27(20)14-17-6-4-3-5-7-17;/h3-9,12,20,22,29H,2,10-11,13-16H2,1H3,(H,25,26);1H. The quantitative estimate of drug-likeness (QED) is 0.347. The summed E-state index contributed by atoms with van der Waals surface area (Å²) in [7, 11) is 0. The first kappa shape index (κ1) is 23.7. The second-order valence-electron chi connectivity index (χ2n) is 7.79. The molecule has 2 heterocycles. The van der Waals surface area contributed by atoms with Gasteiger partial charge in [0.05, 0.1) is 25.3 Å². The molecule has 2 fully saturated rings. The fourth-order valence-electron chi connectivity index (χ4n) is 4.19. The zero-order valence-electron chi connectivity index (χ0n) is 17.7. The number of hydrogen-bond acceptors (Lipinski definition) is 4. The molecule has 2 unspecified atom stereocenters. The summed E-state index contributed by atoms with van der Waals surface area (Å²) in [6.45, 7) is 7.34. The molecular formula is C23H30FIN4O2. The van der Waals surface area contributed by atoms with Crippen LogP contribution in [0.25, 0.3) is 0 Å². The van der Waals surface area contributed by atoms with Crippen molar-refractivity contribution in [3.05, 3.63) is 65.5 Å². The van der Waals surface area contributed by atoms with E-state index in [0.717, 1.165) is 50.9 Å². The summed E-state index contributed by atoms with van der Waals surface area (Å²) in [5.74, 6) is -0.151. The molecule has 0 amide bonds. The van der Waals surface area contributed by atoms with E-state index in [-0.39, 0.29) is 35.8 Å². The van der Waals surface area contributed by atoms with Gasteiger partial charge in [0.15, 0.2) is 17.5 Å². The second kappa shape index (κ2) is 11.1. The first-order valence-electron chi connectivity index (χ1n) is 10.5. The van der Waals surface area contributed by atoms with Crippen LogP contribution < -0.4 is 5.32 Å². The SMILES string of the molecule is CCNC(=NCc1ccc(O)c(F)c1)N1CC2OCCN(Cc3ccccc3)C2C1.I. The average molecular weight is 540 g/mol. The van der Waals surface area contributed by atoms with E-state index >= 15 is 0 Å². The van der Waals surface area contributed by atoms with Crippen LogP contribution in [0, 0.1) is 5.82 Å². The number of likely N-dealkylation sites (tertiary alicyclic amines) is 1. The average Bonchev–Trinajstić information content (AvgIpc) is 3.19. The third-order valence-corrected chi connectivity index (χ3v) is 5.70. The van der Waals surface area contributed by atoms with E-state index in [1.165, 1.54) is 17.7 Å². The lowest BCUT2D eigenvalue weighted by Gasteiger charge is -2.36. The molecule has 0 aromatic heterocycles. The second-order valence-corrected chi connectivity index (χ2v) is 7.79. The van der Waals surface area contributed by atoms with Gasteiger partial charge in [-0.3, -0.25) is 4.90 Å². The van der Waals surface area contributed by atoms with Crippen LogP contribution in [0.1, 0.15) is 18.1 Å². The van der Waals surface area contributed by atoms with Crippen molar-refractivity contribution in [3.8, 4) is 5.75 Å². The lowest BCUT2D eigenvalue weighted by atomic mass is 10.1. The van der Waals surface area contributed by atoms with Crippen molar-refractivity contribution in [2.75, 3.05) is 32.8 Å². The number of nitrogens with zero attached hydrogens (tertiary/aromatic N) is 3. The van der Waals surface area contributed by atoms with Crippen LogP contribution in [-0.4, -0.2) is 65.8 Å². The maximum atomic E-state index is 13.6. The fraction of sp³-hybridized carbons (Fsp3) is 0.435. The molecule has 0 spiro atoms. The number of morpholine rings is 1. The van der Waals surface area contributed by atoms with E-state index in [0.29, 0.717) is 12.6 Å². The van der Waals surface area contributed by atoms with Gasteiger partial charge < -0.3 is 20.1 Å². The first-order valence-corrected chi connectivity index (χ1v) is 10.5. The van der Waals surface area contributed by atoms with Crippen LogP contribution in [0.4, 0.5) is 4.39 Å². The van der Waals surface area contributed by atoms with Crippen molar-refractivity contribution in [2.24, 2.45) is 4.99 Å². The molecule has 0 bridgehead atoms. The van der Waals surface area contributed by atoms with E-state index in [9.17, 15) is 9.50 Å². The zero-order chi connectivity index (χ0) is 20.9. The largest absolute Gasteiger partial charge is 0.505 e. The van der Waals surface area contributed by atoms with Crippen molar-refractivity contribution < 1.29 is 14.2 Å². The molecule has 2 aromatic rings. The molecule has 0 saturated carbocycles. The highest BCUT2D eigenvalue weighted by Gasteiger charge is 2.41. The number of fused-ring (bicyclic) bond motifs is 1. The van der Waals surface area contributed by atoms with Gasteiger partial charge in [-0.1, -0.05) is 36.4 Å². The van der Waals surface area contributed by atoms with Gasteiger partial charge in [-0.25, -0.2) is 9.38 Å². The van der Waals surface area contributed by atoms with Gasteiger partial charge in [-0.15, -0.1) is 24.0 Å². The minimum atomic E-state index is -0.621. The normalized spacial score (nSPS) is 21.5. The molecule has 0 aliphatic carbocycles. The number of aromatic hydroxyl groups is 1. The summed E-state index contributed by atoms with van der Waals surface area (Å²) in [6.07, 6.45) is 0.150. The van der Waals surface area contributed by atoms with Crippen molar-refractivity contribution >= 4 is 29.9 Å². The summed E-state index contributed by atoms with van der Waals surface area (Å²) in [5, 5.41) is 12.7. The van der Waals surface area contributed by atoms with E-state index < -0.39 is 5.82 Å². The zero-order valence-corrected chi connectivity index (χ0v) is 20.0. The third-order valence-electron chi connectivity index (χ3n) is 5.70. The van der Waals surface area contributed by atoms with Crippen molar-refractivity contribution in [2.45, 2.75) is 32.2 Å². The van der Waals surface area contributed by atoms with E-state index in [2.05, 4.69) is 39.4 Å². The molecule has 168 valence electrons. The Kier molecular flexibility index (Phi) is 8.50. The first-order chi connectivity index (χ1) is 14.6. The van der Waals surface area contributed by atoms with Gasteiger partial charge in [0, 0.05) is 32.7 Å². The van der Waals surface area contributed by atoms with Gasteiger partial charge >= 0.3 is 0 Å². The molecule has 4 rings (SSSR count). The number of nitrogens with one attached hydrogen (secondary N) is 1. The molecule has 2 aliphatic heterocycles. The number of hydrogen-bond donors (Lipinski definition) is 2. The number of guanidine groups is 1. The molecule has 2 atom stereocenters. The molecule has 2 N–H and O–H groups in total. The minimum Gasteiger partial charge on any atom is -0.505 e. The maximum absolute atomic E-state index is 13.6. The van der Waals surface area contributed by atoms with Crippen LogP contribution in [0.3, 0.4) is 0 Å². The van der Waals surface area contributed by atoms with Crippen LogP contribution in [0.2, 0.25) is 0 Å². The van der Waals surface area contributed by atoms with Crippen molar-refractivity contribution in [1.82, 2.24) is 15.1 Å². The summed E-state index contributed by atoms with van der Waals surface area (Å²) in [5.41, 5.74) is 2.03. The molecule has 2 aliphatic rings. The van der Waals surface area contributed by atoms with Gasteiger partial charge in [0.2, 0.25) is 0 Å². The van der Waals surface area contributed by atoms with Crippen molar-refractivity contribution in [3.63, 3.8) is 0 Å². The number of benzene rings is 2. The van der Waals surface area contributed by atoms with Crippen LogP contribution >= 0.6 is 24.0 Å². The lowest BCUT2D eigenvalue weighted by molar-refractivity contribution is -0.0502. The monoisotopic (exact) mass is 540 g/mol. The van der Waals surface area contributed by atoms with Gasteiger partial charge in [0.1, 0.15) is 0 Å². The molecule has 8 heteroatoms. The van der Waals surface area contributed by atoms with E-state index in [1.807, 2.05) is 13.0 Å². The van der Waals surface area contributed by atoms with Gasteiger partial charge in [0.25, 0.3) is 0 Å². The highest BCUT2D eigenvalue weighted by molar-refractivity contribution is 14.0. The Morgan fingerprint density at radius 3 is 2.74 bits per heavy atom. The topological polar surface area (TPSA) is 60.3 Å².